The van der Waals surface area contributed by atoms with Crippen molar-refractivity contribution in [3.63, 3.8) is 0 Å². The first-order valence-electron chi connectivity index (χ1n) is 7.19. The highest BCUT2D eigenvalue weighted by Gasteiger charge is 2.29. The van der Waals surface area contributed by atoms with Gasteiger partial charge in [0.15, 0.2) is 0 Å². The van der Waals surface area contributed by atoms with Crippen LogP contribution in [-0.2, 0) is 16.4 Å². The maximum atomic E-state index is 12.3. The minimum absolute atomic E-state index is 0.163. The van der Waals surface area contributed by atoms with Crippen molar-refractivity contribution in [1.82, 2.24) is 4.31 Å². The topological polar surface area (TPSA) is 57.6 Å². The van der Waals surface area contributed by atoms with Gasteiger partial charge in [-0.3, -0.25) is 0 Å². The highest BCUT2D eigenvalue weighted by Crippen LogP contribution is 2.22. The Morgan fingerprint density at radius 1 is 1.25 bits per heavy atom. The van der Waals surface area contributed by atoms with Crippen molar-refractivity contribution >= 4 is 10.0 Å². The molecule has 112 valence electrons. The van der Waals surface area contributed by atoms with Crippen LogP contribution < -0.4 is 0 Å². The number of hydrogen-bond donors (Lipinski definition) is 1. The molecule has 0 aromatic heterocycles. The summed E-state index contributed by atoms with van der Waals surface area (Å²) in [6, 6.07) is 9.69. The second kappa shape index (κ2) is 6.70. The van der Waals surface area contributed by atoms with Crippen LogP contribution in [0.15, 0.2) is 30.3 Å². The quantitative estimate of drug-likeness (QED) is 0.899. The summed E-state index contributed by atoms with van der Waals surface area (Å²) in [6.07, 6.45) is 1.72. The first-order valence-corrected chi connectivity index (χ1v) is 8.80. The summed E-state index contributed by atoms with van der Waals surface area (Å²) in [5.41, 5.74) is 1.05. The molecule has 1 aliphatic heterocycles. The fourth-order valence-electron chi connectivity index (χ4n) is 2.66. The van der Waals surface area contributed by atoms with E-state index in [0.29, 0.717) is 19.5 Å². The molecule has 1 aliphatic rings. The smallest absolute Gasteiger partial charge is 0.214 e. The van der Waals surface area contributed by atoms with Crippen molar-refractivity contribution in [1.29, 1.82) is 0 Å². The van der Waals surface area contributed by atoms with E-state index in [-0.39, 0.29) is 17.8 Å². The number of aliphatic hydroxyl groups excluding tert-OH is 1. The van der Waals surface area contributed by atoms with E-state index in [2.05, 4.69) is 0 Å². The van der Waals surface area contributed by atoms with Gasteiger partial charge in [-0.15, -0.1) is 0 Å². The monoisotopic (exact) mass is 297 g/mol. The first kappa shape index (κ1) is 15.5. The van der Waals surface area contributed by atoms with Crippen LogP contribution in [0.25, 0.3) is 0 Å². The Labute approximate surface area is 121 Å². The van der Waals surface area contributed by atoms with E-state index < -0.39 is 10.0 Å². The molecule has 0 bridgehead atoms. The van der Waals surface area contributed by atoms with E-state index in [0.717, 1.165) is 18.4 Å². The summed E-state index contributed by atoms with van der Waals surface area (Å²) in [5, 5.41) is 9.55. The Morgan fingerprint density at radius 2 is 1.85 bits per heavy atom. The molecule has 5 heteroatoms. The molecule has 20 heavy (non-hydrogen) atoms. The SMILES string of the molecule is CC(O)C1CCN(S(=O)(=O)CCc2ccccc2)CC1. The predicted octanol–water partition coefficient (Wildman–Crippen LogP) is 1.65. The molecule has 0 radical (unpaired) electrons. The molecule has 1 aromatic rings. The molecule has 0 aliphatic carbocycles. The molecule has 1 heterocycles. The normalized spacial score (nSPS) is 19.9. The molecular weight excluding hydrogens is 274 g/mol. The van der Waals surface area contributed by atoms with Crippen molar-refractivity contribution in [2.45, 2.75) is 32.3 Å². The Kier molecular flexibility index (Phi) is 5.18. The van der Waals surface area contributed by atoms with Crippen LogP contribution in [0.1, 0.15) is 25.3 Å². The Hall–Kier alpha value is -0.910. The number of sulfonamides is 1. The molecule has 0 saturated carbocycles. The van der Waals surface area contributed by atoms with E-state index in [9.17, 15) is 13.5 Å². The average molecular weight is 297 g/mol. The van der Waals surface area contributed by atoms with Crippen molar-refractivity contribution in [2.75, 3.05) is 18.8 Å². The zero-order valence-corrected chi connectivity index (χ0v) is 12.7. The second-order valence-corrected chi connectivity index (χ2v) is 7.62. The highest BCUT2D eigenvalue weighted by molar-refractivity contribution is 7.89. The van der Waals surface area contributed by atoms with Crippen molar-refractivity contribution in [3.05, 3.63) is 35.9 Å². The summed E-state index contributed by atoms with van der Waals surface area (Å²) in [5.74, 6) is 0.395. The van der Waals surface area contributed by atoms with Gasteiger partial charge in [-0.1, -0.05) is 30.3 Å². The number of aliphatic hydroxyl groups is 1. The fraction of sp³-hybridized carbons (Fsp3) is 0.600. The van der Waals surface area contributed by atoms with Gasteiger partial charge in [-0.2, -0.15) is 0 Å². The number of benzene rings is 1. The zero-order valence-electron chi connectivity index (χ0n) is 11.9. The lowest BCUT2D eigenvalue weighted by atomic mass is 9.93. The summed E-state index contributed by atoms with van der Waals surface area (Å²) < 4.78 is 26.2. The van der Waals surface area contributed by atoms with Gasteiger partial charge in [0, 0.05) is 13.1 Å². The Balaban J connectivity index is 1.88. The maximum Gasteiger partial charge on any atom is 0.214 e. The minimum Gasteiger partial charge on any atom is -0.393 e. The summed E-state index contributed by atoms with van der Waals surface area (Å²) in [6.45, 7) is 2.85. The van der Waals surface area contributed by atoms with Crippen LogP contribution in [0.5, 0.6) is 0 Å². The van der Waals surface area contributed by atoms with Crippen LogP contribution >= 0.6 is 0 Å². The molecule has 1 aromatic carbocycles. The predicted molar refractivity (Wildman–Crippen MR) is 79.9 cm³/mol. The van der Waals surface area contributed by atoms with Crippen molar-refractivity contribution in [2.24, 2.45) is 5.92 Å². The second-order valence-electron chi connectivity index (χ2n) is 5.53. The van der Waals surface area contributed by atoms with Crippen LogP contribution in [-0.4, -0.2) is 42.8 Å². The van der Waals surface area contributed by atoms with Crippen LogP contribution in [0.3, 0.4) is 0 Å². The van der Waals surface area contributed by atoms with Gasteiger partial charge in [0.25, 0.3) is 0 Å². The summed E-state index contributed by atoms with van der Waals surface area (Å²) in [4.78, 5) is 0. The van der Waals surface area contributed by atoms with Gasteiger partial charge in [0.1, 0.15) is 0 Å². The number of aryl methyl sites for hydroxylation is 1. The minimum atomic E-state index is -3.18. The maximum absolute atomic E-state index is 12.3. The van der Waals surface area contributed by atoms with Gasteiger partial charge in [-0.05, 0) is 37.7 Å². The van der Waals surface area contributed by atoms with E-state index in [1.54, 1.807) is 11.2 Å². The van der Waals surface area contributed by atoms with Gasteiger partial charge >= 0.3 is 0 Å². The molecule has 0 spiro atoms. The number of piperidine rings is 1. The molecule has 4 nitrogen and oxygen atoms in total. The molecule has 0 amide bonds. The molecule has 1 atom stereocenters. The lowest BCUT2D eigenvalue weighted by Gasteiger charge is -2.32. The lowest BCUT2D eigenvalue weighted by molar-refractivity contribution is 0.0912. The van der Waals surface area contributed by atoms with Crippen LogP contribution in [0.4, 0.5) is 0 Å². The van der Waals surface area contributed by atoms with Gasteiger partial charge in [0.2, 0.25) is 10.0 Å². The van der Waals surface area contributed by atoms with E-state index in [4.69, 9.17) is 0 Å². The Morgan fingerprint density at radius 3 is 2.40 bits per heavy atom. The lowest BCUT2D eigenvalue weighted by Crippen LogP contribution is -2.42. The average Bonchev–Trinajstić information content (AvgIpc) is 2.46. The molecule has 2 rings (SSSR count). The molecule has 1 unspecified atom stereocenters. The third-order valence-corrected chi connectivity index (χ3v) is 5.94. The zero-order chi connectivity index (χ0) is 14.6. The molecule has 1 saturated heterocycles. The standard InChI is InChI=1S/C15H23NO3S/c1-13(17)15-7-10-16(11-8-15)20(18,19)12-9-14-5-3-2-4-6-14/h2-6,13,15,17H,7-12H2,1H3. The summed E-state index contributed by atoms with van der Waals surface area (Å²) in [7, 11) is -3.18. The highest BCUT2D eigenvalue weighted by atomic mass is 32.2. The number of hydrogen-bond acceptors (Lipinski definition) is 3. The third kappa shape index (κ3) is 4.04. The third-order valence-electron chi connectivity index (χ3n) is 4.07. The van der Waals surface area contributed by atoms with E-state index >= 15 is 0 Å². The number of rotatable bonds is 5. The fourth-order valence-corrected chi connectivity index (χ4v) is 4.18. The molecule has 1 N–H and O–H groups in total. The molecule has 1 fully saturated rings. The van der Waals surface area contributed by atoms with Crippen LogP contribution in [0.2, 0.25) is 0 Å². The van der Waals surface area contributed by atoms with Crippen LogP contribution in [0, 0.1) is 5.92 Å². The van der Waals surface area contributed by atoms with Gasteiger partial charge in [0.05, 0.1) is 11.9 Å². The van der Waals surface area contributed by atoms with Gasteiger partial charge in [-0.25, -0.2) is 12.7 Å². The van der Waals surface area contributed by atoms with E-state index in [1.807, 2.05) is 30.3 Å². The summed E-state index contributed by atoms with van der Waals surface area (Å²) >= 11 is 0. The first-order chi connectivity index (χ1) is 9.49. The number of nitrogens with zero attached hydrogens (tertiary/aromatic N) is 1. The van der Waals surface area contributed by atoms with Crippen molar-refractivity contribution in [3.8, 4) is 0 Å². The Bertz CT molecular complexity index is 505. The van der Waals surface area contributed by atoms with Crippen molar-refractivity contribution < 1.29 is 13.5 Å². The van der Waals surface area contributed by atoms with Gasteiger partial charge < -0.3 is 5.11 Å². The largest absolute Gasteiger partial charge is 0.393 e. The van der Waals surface area contributed by atoms with E-state index in [1.165, 1.54) is 0 Å². The molecular formula is C15H23NO3S.